The zero-order valence-electron chi connectivity index (χ0n) is 9.62. The van der Waals surface area contributed by atoms with Crippen LogP contribution in [0.4, 0.5) is 0 Å². The summed E-state index contributed by atoms with van der Waals surface area (Å²) >= 11 is 5.76. The average molecular weight is 230 g/mol. The van der Waals surface area contributed by atoms with Gasteiger partial charge in [-0.05, 0) is 19.9 Å². The van der Waals surface area contributed by atoms with Crippen LogP contribution in [0.1, 0.15) is 19.2 Å². The summed E-state index contributed by atoms with van der Waals surface area (Å²) in [6, 6.07) is 0. The third-order valence-electron chi connectivity index (χ3n) is 2.52. The molecule has 1 aromatic rings. The van der Waals surface area contributed by atoms with Crippen molar-refractivity contribution in [3.05, 3.63) is 18.2 Å². The molecule has 0 spiro atoms. The first-order chi connectivity index (χ1) is 7.27. The van der Waals surface area contributed by atoms with Crippen LogP contribution >= 0.6 is 11.6 Å². The van der Waals surface area contributed by atoms with Crippen molar-refractivity contribution < 1.29 is 0 Å². The fraction of sp³-hybridized carbons (Fsp3) is 0.727. The Bertz CT molecular complexity index is 267. The summed E-state index contributed by atoms with van der Waals surface area (Å²) in [5, 5.41) is 0. The smallest absolute Gasteiger partial charge is 0.105 e. The lowest BCUT2D eigenvalue weighted by Gasteiger charge is -2.20. The van der Waals surface area contributed by atoms with Gasteiger partial charge in [-0.25, -0.2) is 4.98 Å². The van der Waals surface area contributed by atoms with Crippen LogP contribution in [0.3, 0.4) is 0 Å². The molecule has 0 N–H and O–H groups in total. The second-order valence-electron chi connectivity index (χ2n) is 3.70. The molecule has 0 aliphatic rings. The van der Waals surface area contributed by atoms with Crippen molar-refractivity contribution in [1.29, 1.82) is 0 Å². The van der Waals surface area contributed by atoms with Gasteiger partial charge < -0.3 is 9.47 Å². The maximum atomic E-state index is 5.76. The van der Waals surface area contributed by atoms with Crippen LogP contribution < -0.4 is 0 Å². The molecule has 1 rings (SSSR count). The highest BCUT2D eigenvalue weighted by Gasteiger charge is 2.03. The van der Waals surface area contributed by atoms with Crippen LogP contribution in [0.15, 0.2) is 12.4 Å². The van der Waals surface area contributed by atoms with E-state index in [1.165, 1.54) is 6.42 Å². The monoisotopic (exact) mass is 229 g/mol. The van der Waals surface area contributed by atoms with E-state index in [2.05, 4.69) is 21.4 Å². The first kappa shape index (κ1) is 12.5. The topological polar surface area (TPSA) is 21.1 Å². The summed E-state index contributed by atoms with van der Waals surface area (Å²) < 4.78 is 2.18. The maximum Gasteiger partial charge on any atom is 0.105 e. The van der Waals surface area contributed by atoms with Crippen molar-refractivity contribution in [3.63, 3.8) is 0 Å². The molecule has 0 fully saturated rings. The number of halogens is 1. The van der Waals surface area contributed by atoms with Gasteiger partial charge in [-0.15, -0.1) is 11.6 Å². The zero-order chi connectivity index (χ0) is 11.1. The van der Waals surface area contributed by atoms with E-state index in [1.54, 1.807) is 0 Å². The lowest BCUT2D eigenvalue weighted by molar-refractivity contribution is 0.277. The van der Waals surface area contributed by atoms with Gasteiger partial charge in [0.15, 0.2) is 0 Å². The van der Waals surface area contributed by atoms with Gasteiger partial charge in [0.05, 0.1) is 0 Å². The van der Waals surface area contributed by atoms with Crippen molar-refractivity contribution in [3.8, 4) is 0 Å². The summed E-state index contributed by atoms with van der Waals surface area (Å²) in [7, 11) is 0. The second kappa shape index (κ2) is 6.85. The third-order valence-corrected chi connectivity index (χ3v) is 2.69. The number of hydrogen-bond donors (Lipinski definition) is 0. The van der Waals surface area contributed by atoms with Crippen LogP contribution in [0.2, 0.25) is 0 Å². The largest absolute Gasteiger partial charge is 0.334 e. The summed E-state index contributed by atoms with van der Waals surface area (Å²) in [6.07, 6.45) is 5.06. The van der Waals surface area contributed by atoms with Gasteiger partial charge in [0.1, 0.15) is 5.82 Å². The minimum Gasteiger partial charge on any atom is -0.334 e. The molecule has 0 atom stereocenters. The minimum atomic E-state index is 0.711. The van der Waals surface area contributed by atoms with Crippen LogP contribution in [-0.4, -0.2) is 40.0 Å². The molecule has 1 aromatic heterocycles. The highest BCUT2D eigenvalue weighted by atomic mass is 35.5. The molecule has 15 heavy (non-hydrogen) atoms. The van der Waals surface area contributed by atoms with Gasteiger partial charge in [0.25, 0.3) is 0 Å². The van der Waals surface area contributed by atoms with Gasteiger partial charge in [-0.2, -0.15) is 0 Å². The Kier molecular flexibility index (Phi) is 5.73. The molecule has 0 saturated heterocycles. The number of hydrogen-bond acceptors (Lipinski definition) is 2. The molecule has 0 unspecified atom stereocenters. The molecule has 0 aliphatic heterocycles. The van der Waals surface area contributed by atoms with Gasteiger partial charge in [-0.1, -0.05) is 6.92 Å². The van der Waals surface area contributed by atoms with Crippen LogP contribution in [0.5, 0.6) is 0 Å². The van der Waals surface area contributed by atoms with Gasteiger partial charge >= 0.3 is 0 Å². The fourth-order valence-electron chi connectivity index (χ4n) is 1.66. The molecule has 0 aliphatic carbocycles. The molecule has 3 nitrogen and oxygen atoms in total. The van der Waals surface area contributed by atoms with Crippen LogP contribution in [0, 0.1) is 6.92 Å². The van der Waals surface area contributed by atoms with E-state index in [1.807, 2.05) is 19.3 Å². The second-order valence-corrected chi connectivity index (χ2v) is 4.08. The van der Waals surface area contributed by atoms with E-state index in [4.69, 9.17) is 11.6 Å². The number of nitrogens with zero attached hydrogens (tertiary/aromatic N) is 3. The summed E-state index contributed by atoms with van der Waals surface area (Å²) in [5.74, 6) is 1.79. The van der Waals surface area contributed by atoms with Crippen molar-refractivity contribution in [2.24, 2.45) is 0 Å². The van der Waals surface area contributed by atoms with Crippen molar-refractivity contribution in [2.45, 2.75) is 26.8 Å². The van der Waals surface area contributed by atoms with E-state index in [0.717, 1.165) is 32.0 Å². The molecule has 0 bridgehead atoms. The molecule has 4 heteroatoms. The summed E-state index contributed by atoms with van der Waals surface area (Å²) in [4.78, 5) is 6.60. The molecule has 0 radical (unpaired) electrons. The number of imidazole rings is 1. The SMILES string of the molecule is CCCN(CCCl)CCn1ccnc1C. The quantitative estimate of drug-likeness (QED) is 0.668. The first-order valence-corrected chi connectivity index (χ1v) is 6.07. The van der Waals surface area contributed by atoms with Crippen molar-refractivity contribution >= 4 is 11.6 Å². The van der Waals surface area contributed by atoms with E-state index in [-0.39, 0.29) is 0 Å². The molecule has 86 valence electrons. The molecule has 0 amide bonds. The number of alkyl halides is 1. The molecule has 0 aromatic carbocycles. The zero-order valence-corrected chi connectivity index (χ0v) is 10.4. The third kappa shape index (κ3) is 4.22. The molecular formula is C11H20ClN3. The lowest BCUT2D eigenvalue weighted by atomic mass is 10.4. The Morgan fingerprint density at radius 3 is 2.73 bits per heavy atom. The van der Waals surface area contributed by atoms with E-state index in [9.17, 15) is 0 Å². The number of rotatable bonds is 7. The number of aryl methyl sites for hydroxylation is 1. The average Bonchev–Trinajstić information content (AvgIpc) is 2.61. The van der Waals surface area contributed by atoms with Gasteiger partial charge in [0.2, 0.25) is 0 Å². The Morgan fingerprint density at radius 2 is 2.20 bits per heavy atom. The van der Waals surface area contributed by atoms with E-state index in [0.29, 0.717) is 5.88 Å². The standard InChI is InChI=1S/C11H20ClN3/c1-3-6-14(7-4-12)9-10-15-8-5-13-11(15)2/h5,8H,3-4,6-7,9-10H2,1-2H3. The van der Waals surface area contributed by atoms with Gasteiger partial charge in [-0.3, -0.25) is 0 Å². The van der Waals surface area contributed by atoms with Crippen molar-refractivity contribution in [1.82, 2.24) is 14.5 Å². The minimum absolute atomic E-state index is 0.711. The molecule has 0 saturated carbocycles. The first-order valence-electron chi connectivity index (χ1n) is 5.54. The van der Waals surface area contributed by atoms with Crippen LogP contribution in [-0.2, 0) is 6.54 Å². The Morgan fingerprint density at radius 1 is 1.40 bits per heavy atom. The normalized spacial score (nSPS) is 11.2. The Labute approximate surface area is 97.1 Å². The molecule has 1 heterocycles. The van der Waals surface area contributed by atoms with Crippen LogP contribution in [0.25, 0.3) is 0 Å². The Hall–Kier alpha value is -0.540. The van der Waals surface area contributed by atoms with E-state index < -0.39 is 0 Å². The predicted octanol–water partition coefficient (Wildman–Crippen LogP) is 2.14. The molecular weight excluding hydrogens is 210 g/mol. The number of aromatic nitrogens is 2. The van der Waals surface area contributed by atoms with Gasteiger partial charge in [0, 0.05) is 37.9 Å². The highest BCUT2D eigenvalue weighted by molar-refractivity contribution is 6.18. The predicted molar refractivity (Wildman–Crippen MR) is 64.4 cm³/mol. The summed E-state index contributed by atoms with van der Waals surface area (Å²) in [6.45, 7) is 8.39. The van der Waals surface area contributed by atoms with Crippen molar-refractivity contribution in [2.75, 3.05) is 25.5 Å². The summed E-state index contributed by atoms with van der Waals surface area (Å²) in [5.41, 5.74) is 0. The highest BCUT2D eigenvalue weighted by Crippen LogP contribution is 1.98. The fourth-order valence-corrected chi connectivity index (χ4v) is 1.90. The van der Waals surface area contributed by atoms with E-state index >= 15 is 0 Å². The lowest BCUT2D eigenvalue weighted by Crippen LogP contribution is -2.30. The maximum absolute atomic E-state index is 5.76. The Balaban J connectivity index is 2.36.